The molecule has 1 aliphatic carbocycles. The van der Waals surface area contributed by atoms with Crippen molar-refractivity contribution in [3.05, 3.63) is 0 Å². The predicted octanol–water partition coefficient (Wildman–Crippen LogP) is 2.47. The van der Waals surface area contributed by atoms with Crippen LogP contribution in [0.15, 0.2) is 0 Å². The molecule has 1 atom stereocenters. The van der Waals surface area contributed by atoms with E-state index < -0.39 is 0 Å². The fourth-order valence-corrected chi connectivity index (χ4v) is 4.07. The minimum Gasteiger partial charge on any atom is -0.313 e. The fourth-order valence-electron chi connectivity index (χ4n) is 4.07. The second-order valence-corrected chi connectivity index (χ2v) is 7.44. The molecule has 0 aromatic carbocycles. The summed E-state index contributed by atoms with van der Waals surface area (Å²) in [6.07, 6.45) is 9.90. The highest BCUT2D eigenvalue weighted by atomic mass is 15.3. The van der Waals surface area contributed by atoms with Crippen molar-refractivity contribution >= 4 is 0 Å². The lowest BCUT2D eigenvalue weighted by atomic mass is 9.99. The Balaban J connectivity index is 1.52. The summed E-state index contributed by atoms with van der Waals surface area (Å²) in [6.45, 7) is 9.86. The monoisotopic (exact) mass is 279 g/mol. The highest BCUT2D eigenvalue weighted by Gasteiger charge is 2.36. The summed E-state index contributed by atoms with van der Waals surface area (Å²) in [5.41, 5.74) is 0. The van der Waals surface area contributed by atoms with E-state index in [9.17, 15) is 0 Å². The van der Waals surface area contributed by atoms with Crippen LogP contribution in [0.25, 0.3) is 0 Å². The third-order valence-electron chi connectivity index (χ3n) is 5.56. The van der Waals surface area contributed by atoms with Crippen LogP contribution in [0.1, 0.15) is 58.8 Å². The molecular formula is C17H33N3. The molecule has 0 aromatic heterocycles. The Kier molecular flexibility index (Phi) is 5.00. The molecule has 3 fully saturated rings. The van der Waals surface area contributed by atoms with Crippen LogP contribution in [0.2, 0.25) is 0 Å². The van der Waals surface area contributed by atoms with Crippen LogP contribution in [0.5, 0.6) is 0 Å². The summed E-state index contributed by atoms with van der Waals surface area (Å²) in [7, 11) is 0. The van der Waals surface area contributed by atoms with Crippen LogP contribution in [-0.4, -0.2) is 60.1 Å². The molecule has 1 saturated carbocycles. The molecular weight excluding hydrogens is 246 g/mol. The first-order chi connectivity index (χ1) is 9.74. The van der Waals surface area contributed by atoms with Gasteiger partial charge in [-0.25, -0.2) is 0 Å². The SMILES string of the molecule is CC(C)N1CCC(N(CC2CCCCN2)C2CC2)CC1. The zero-order valence-corrected chi connectivity index (χ0v) is 13.5. The second-order valence-electron chi connectivity index (χ2n) is 7.44. The van der Waals surface area contributed by atoms with Gasteiger partial charge in [0.1, 0.15) is 0 Å². The quantitative estimate of drug-likeness (QED) is 0.834. The number of hydrogen-bond acceptors (Lipinski definition) is 3. The Labute approximate surface area is 125 Å². The van der Waals surface area contributed by atoms with Gasteiger partial charge in [-0.1, -0.05) is 6.42 Å². The average Bonchev–Trinajstić information content (AvgIpc) is 3.30. The summed E-state index contributed by atoms with van der Waals surface area (Å²) >= 11 is 0. The minimum absolute atomic E-state index is 0.727. The van der Waals surface area contributed by atoms with E-state index in [2.05, 4.69) is 29.0 Å². The standard InChI is InChI=1S/C17H33N3/c1-14(2)19-11-8-17(9-12-19)20(16-6-7-16)13-15-5-3-4-10-18-15/h14-18H,3-13H2,1-2H3. The topological polar surface area (TPSA) is 18.5 Å². The van der Waals surface area contributed by atoms with E-state index in [4.69, 9.17) is 0 Å². The van der Waals surface area contributed by atoms with Crippen LogP contribution in [0.4, 0.5) is 0 Å². The molecule has 3 rings (SSSR count). The lowest BCUT2D eigenvalue weighted by molar-refractivity contribution is 0.0772. The Hall–Kier alpha value is -0.120. The number of nitrogens with one attached hydrogen (secondary N) is 1. The van der Waals surface area contributed by atoms with Crippen LogP contribution in [0.3, 0.4) is 0 Å². The largest absolute Gasteiger partial charge is 0.313 e. The van der Waals surface area contributed by atoms with Crippen molar-refractivity contribution < 1.29 is 0 Å². The van der Waals surface area contributed by atoms with Crippen LogP contribution >= 0.6 is 0 Å². The van der Waals surface area contributed by atoms with E-state index in [1.165, 1.54) is 71.1 Å². The maximum Gasteiger partial charge on any atom is 0.0195 e. The van der Waals surface area contributed by atoms with Gasteiger partial charge in [0.25, 0.3) is 0 Å². The highest BCUT2D eigenvalue weighted by Crippen LogP contribution is 2.32. The van der Waals surface area contributed by atoms with Crippen molar-refractivity contribution in [3.63, 3.8) is 0 Å². The molecule has 3 heteroatoms. The molecule has 3 aliphatic rings. The summed E-state index contributed by atoms with van der Waals surface area (Å²) in [6, 6.07) is 3.29. The molecule has 0 radical (unpaired) electrons. The van der Waals surface area contributed by atoms with Crippen LogP contribution in [0, 0.1) is 0 Å². The molecule has 1 unspecified atom stereocenters. The zero-order valence-electron chi connectivity index (χ0n) is 13.5. The molecule has 20 heavy (non-hydrogen) atoms. The summed E-state index contributed by atoms with van der Waals surface area (Å²) in [5.74, 6) is 0. The van der Waals surface area contributed by atoms with Crippen LogP contribution < -0.4 is 5.32 Å². The maximum atomic E-state index is 3.75. The Morgan fingerprint density at radius 3 is 2.25 bits per heavy atom. The predicted molar refractivity (Wildman–Crippen MR) is 85.1 cm³/mol. The zero-order chi connectivity index (χ0) is 13.9. The van der Waals surface area contributed by atoms with Crippen molar-refractivity contribution in [1.29, 1.82) is 0 Å². The minimum atomic E-state index is 0.727. The summed E-state index contributed by atoms with van der Waals surface area (Å²) in [4.78, 5) is 5.54. The summed E-state index contributed by atoms with van der Waals surface area (Å²) < 4.78 is 0. The number of nitrogens with zero attached hydrogens (tertiary/aromatic N) is 2. The van der Waals surface area contributed by atoms with E-state index >= 15 is 0 Å². The third kappa shape index (κ3) is 3.75. The van der Waals surface area contributed by atoms with E-state index in [0.29, 0.717) is 0 Å². The molecule has 3 nitrogen and oxygen atoms in total. The molecule has 0 spiro atoms. The Morgan fingerprint density at radius 2 is 1.70 bits per heavy atom. The lowest BCUT2D eigenvalue weighted by Crippen LogP contribution is -2.52. The smallest absolute Gasteiger partial charge is 0.0195 e. The molecule has 2 heterocycles. The van der Waals surface area contributed by atoms with E-state index in [1.54, 1.807) is 0 Å². The van der Waals surface area contributed by atoms with Gasteiger partial charge in [0.2, 0.25) is 0 Å². The van der Waals surface area contributed by atoms with Crippen molar-refractivity contribution in [2.24, 2.45) is 0 Å². The molecule has 2 saturated heterocycles. The first kappa shape index (κ1) is 14.8. The Morgan fingerprint density at radius 1 is 1.00 bits per heavy atom. The van der Waals surface area contributed by atoms with E-state index in [1.807, 2.05) is 0 Å². The lowest BCUT2D eigenvalue weighted by Gasteiger charge is -2.42. The number of rotatable bonds is 5. The van der Waals surface area contributed by atoms with Crippen LogP contribution in [-0.2, 0) is 0 Å². The normalized spacial score (nSPS) is 30.3. The van der Waals surface area contributed by atoms with Crippen molar-refractivity contribution in [1.82, 2.24) is 15.1 Å². The van der Waals surface area contributed by atoms with Gasteiger partial charge in [-0.05, 0) is 72.0 Å². The van der Waals surface area contributed by atoms with Crippen molar-refractivity contribution in [2.45, 2.75) is 83.0 Å². The van der Waals surface area contributed by atoms with Gasteiger partial charge in [0.15, 0.2) is 0 Å². The molecule has 0 aromatic rings. The highest BCUT2D eigenvalue weighted by molar-refractivity contribution is 4.93. The number of piperidine rings is 2. The van der Waals surface area contributed by atoms with E-state index in [0.717, 1.165) is 24.2 Å². The van der Waals surface area contributed by atoms with Gasteiger partial charge in [0.05, 0.1) is 0 Å². The third-order valence-corrected chi connectivity index (χ3v) is 5.56. The molecule has 1 N–H and O–H groups in total. The van der Waals surface area contributed by atoms with Gasteiger partial charge in [-0.15, -0.1) is 0 Å². The average molecular weight is 279 g/mol. The van der Waals surface area contributed by atoms with Crippen molar-refractivity contribution in [2.75, 3.05) is 26.2 Å². The molecule has 116 valence electrons. The fraction of sp³-hybridized carbons (Fsp3) is 1.00. The second kappa shape index (κ2) is 6.76. The first-order valence-electron chi connectivity index (χ1n) is 8.97. The van der Waals surface area contributed by atoms with Gasteiger partial charge < -0.3 is 10.2 Å². The van der Waals surface area contributed by atoms with Gasteiger partial charge in [-0.2, -0.15) is 0 Å². The van der Waals surface area contributed by atoms with Crippen molar-refractivity contribution in [3.8, 4) is 0 Å². The molecule has 0 amide bonds. The number of likely N-dealkylation sites (tertiary alicyclic amines) is 1. The summed E-state index contributed by atoms with van der Waals surface area (Å²) in [5, 5.41) is 3.75. The molecule has 0 bridgehead atoms. The van der Waals surface area contributed by atoms with Gasteiger partial charge in [0, 0.05) is 30.7 Å². The maximum absolute atomic E-state index is 3.75. The number of hydrogen-bond donors (Lipinski definition) is 1. The molecule has 2 aliphatic heterocycles. The first-order valence-corrected chi connectivity index (χ1v) is 8.97. The van der Waals surface area contributed by atoms with Gasteiger partial charge >= 0.3 is 0 Å². The Bertz CT molecular complexity index is 287. The van der Waals surface area contributed by atoms with Gasteiger partial charge in [-0.3, -0.25) is 4.90 Å². The van der Waals surface area contributed by atoms with E-state index in [-0.39, 0.29) is 0 Å².